The first-order valence-corrected chi connectivity index (χ1v) is 11.0. The molecule has 5 rings (SSSR count). The van der Waals surface area contributed by atoms with Crippen LogP contribution in [0.4, 0.5) is 0 Å². The van der Waals surface area contributed by atoms with Crippen LogP contribution in [0.1, 0.15) is 28.4 Å². The molecule has 162 valence electrons. The molecule has 0 fully saturated rings. The number of nitrogens with one attached hydrogen (secondary N) is 1. The summed E-state index contributed by atoms with van der Waals surface area (Å²) in [7, 11) is 0. The molecule has 6 heteroatoms. The van der Waals surface area contributed by atoms with Crippen LogP contribution in [0, 0.1) is 0 Å². The molecule has 2 aromatic heterocycles. The molecule has 0 saturated carbocycles. The Bertz CT molecular complexity index is 1470. The fourth-order valence-corrected chi connectivity index (χ4v) is 3.94. The molecule has 0 atom stereocenters. The summed E-state index contributed by atoms with van der Waals surface area (Å²) in [6.45, 7) is 2.04. The van der Waals surface area contributed by atoms with E-state index in [4.69, 9.17) is 26.3 Å². The zero-order valence-electron chi connectivity index (χ0n) is 17.9. The fourth-order valence-electron chi connectivity index (χ4n) is 3.81. The van der Waals surface area contributed by atoms with E-state index in [-0.39, 0.29) is 6.61 Å². The number of nitrogens with zero attached hydrogens (tertiary/aromatic N) is 2. The van der Waals surface area contributed by atoms with Crippen LogP contribution in [0.3, 0.4) is 0 Å². The van der Waals surface area contributed by atoms with Gasteiger partial charge in [0.2, 0.25) is 0 Å². The molecule has 0 aliphatic carbocycles. The van der Waals surface area contributed by atoms with Crippen molar-refractivity contribution in [2.45, 2.75) is 6.92 Å². The predicted octanol–water partition coefficient (Wildman–Crippen LogP) is 6.78. The summed E-state index contributed by atoms with van der Waals surface area (Å²) < 4.78 is 5.45. The van der Waals surface area contributed by atoms with Crippen molar-refractivity contribution in [3.05, 3.63) is 94.5 Å². The number of hydrogen-bond acceptors (Lipinski definition) is 4. The summed E-state index contributed by atoms with van der Waals surface area (Å²) in [4.78, 5) is 26.0. The van der Waals surface area contributed by atoms with Gasteiger partial charge in [-0.1, -0.05) is 66.2 Å². The summed E-state index contributed by atoms with van der Waals surface area (Å²) in [6, 6.07) is 23.0. The average Bonchev–Trinajstić information content (AvgIpc) is 3.27. The number of aromatic nitrogens is 3. The van der Waals surface area contributed by atoms with Crippen LogP contribution in [0.5, 0.6) is 0 Å². The molecule has 0 aliphatic heterocycles. The summed E-state index contributed by atoms with van der Waals surface area (Å²) in [5.41, 5.74) is 4.95. The maximum Gasteiger partial charge on any atom is 0.341 e. The Hall–Kier alpha value is -3.96. The van der Waals surface area contributed by atoms with Crippen LogP contribution in [0.15, 0.2) is 72.8 Å². The standard InChI is InChI=1S/C27H20ClN3O2/c1-2-33-27(32)24-20(16-13-17-11-14-18(28)15-12-17)19-7-3-4-8-21(19)29-25(24)26-30-22-9-5-6-10-23(22)31-26/h3-16H,2H2,1H3,(H,30,31)/b16-13+. The summed E-state index contributed by atoms with van der Waals surface area (Å²) in [5.74, 6) is 0.0770. The van der Waals surface area contributed by atoms with Gasteiger partial charge in [0, 0.05) is 16.0 Å². The Morgan fingerprint density at radius 2 is 1.67 bits per heavy atom. The molecule has 3 aromatic carbocycles. The van der Waals surface area contributed by atoms with Gasteiger partial charge in [-0.15, -0.1) is 0 Å². The number of halogens is 1. The van der Waals surface area contributed by atoms with Crippen molar-refractivity contribution in [1.29, 1.82) is 0 Å². The number of para-hydroxylation sites is 3. The zero-order chi connectivity index (χ0) is 22.8. The van der Waals surface area contributed by atoms with Crippen molar-refractivity contribution >= 4 is 51.7 Å². The van der Waals surface area contributed by atoms with E-state index in [0.717, 1.165) is 33.1 Å². The van der Waals surface area contributed by atoms with Gasteiger partial charge in [-0.25, -0.2) is 14.8 Å². The van der Waals surface area contributed by atoms with Crippen LogP contribution in [0.2, 0.25) is 5.02 Å². The Morgan fingerprint density at radius 1 is 0.939 bits per heavy atom. The highest BCUT2D eigenvalue weighted by molar-refractivity contribution is 6.30. The number of carbonyl (C=O) groups is 1. The monoisotopic (exact) mass is 453 g/mol. The van der Waals surface area contributed by atoms with Gasteiger partial charge in [0.05, 0.1) is 28.7 Å². The molecule has 0 aliphatic rings. The van der Waals surface area contributed by atoms with E-state index in [0.29, 0.717) is 22.1 Å². The number of benzene rings is 3. The minimum Gasteiger partial charge on any atom is -0.462 e. The van der Waals surface area contributed by atoms with E-state index in [1.54, 1.807) is 6.92 Å². The Labute approximate surface area is 195 Å². The first-order chi connectivity index (χ1) is 16.1. The molecule has 0 unspecified atom stereocenters. The molecule has 2 heterocycles. The number of aromatic amines is 1. The van der Waals surface area contributed by atoms with Crippen molar-refractivity contribution in [3.63, 3.8) is 0 Å². The van der Waals surface area contributed by atoms with E-state index < -0.39 is 5.97 Å². The lowest BCUT2D eigenvalue weighted by Crippen LogP contribution is -2.11. The maximum absolute atomic E-state index is 13.2. The number of fused-ring (bicyclic) bond motifs is 2. The molecular formula is C27H20ClN3O2. The minimum atomic E-state index is -0.443. The molecule has 0 spiro atoms. The van der Waals surface area contributed by atoms with Crippen molar-refractivity contribution < 1.29 is 9.53 Å². The van der Waals surface area contributed by atoms with Gasteiger partial charge in [-0.2, -0.15) is 0 Å². The third-order valence-electron chi connectivity index (χ3n) is 5.34. The molecule has 33 heavy (non-hydrogen) atoms. The normalized spacial score (nSPS) is 11.5. The van der Waals surface area contributed by atoms with Crippen molar-refractivity contribution in [3.8, 4) is 11.5 Å². The van der Waals surface area contributed by atoms with Crippen molar-refractivity contribution in [2.75, 3.05) is 6.61 Å². The van der Waals surface area contributed by atoms with Gasteiger partial charge in [-0.05, 0) is 42.8 Å². The second-order valence-corrected chi connectivity index (χ2v) is 7.91. The highest BCUT2D eigenvalue weighted by Gasteiger charge is 2.24. The number of ether oxygens (including phenoxy) is 1. The molecule has 1 N–H and O–H groups in total. The number of imidazole rings is 1. The number of pyridine rings is 1. The number of hydrogen-bond donors (Lipinski definition) is 1. The number of H-pyrrole nitrogens is 1. The van der Waals surface area contributed by atoms with Crippen molar-refractivity contribution in [2.24, 2.45) is 0 Å². The van der Waals surface area contributed by atoms with Crippen LogP contribution in [-0.2, 0) is 4.74 Å². The van der Waals surface area contributed by atoms with E-state index in [1.165, 1.54) is 0 Å². The van der Waals surface area contributed by atoms with Gasteiger partial charge >= 0.3 is 5.97 Å². The Kier molecular flexibility index (Phi) is 5.63. The largest absolute Gasteiger partial charge is 0.462 e. The second-order valence-electron chi connectivity index (χ2n) is 7.47. The highest BCUT2D eigenvalue weighted by atomic mass is 35.5. The SMILES string of the molecule is CCOC(=O)c1c(-c2nc3ccccc3[nH]2)nc2ccccc2c1/C=C/c1ccc(Cl)cc1. The lowest BCUT2D eigenvalue weighted by atomic mass is 9.98. The van der Waals surface area contributed by atoms with E-state index >= 15 is 0 Å². The lowest BCUT2D eigenvalue weighted by Gasteiger charge is -2.13. The summed E-state index contributed by atoms with van der Waals surface area (Å²) >= 11 is 6.03. The molecular weight excluding hydrogens is 434 g/mol. The number of rotatable bonds is 5. The van der Waals surface area contributed by atoms with Crippen LogP contribution in [0.25, 0.3) is 45.6 Å². The smallest absolute Gasteiger partial charge is 0.341 e. The third-order valence-corrected chi connectivity index (χ3v) is 5.59. The predicted molar refractivity (Wildman–Crippen MR) is 133 cm³/mol. The molecule has 0 amide bonds. The third kappa shape index (κ3) is 4.11. The first-order valence-electron chi connectivity index (χ1n) is 10.6. The van der Waals surface area contributed by atoms with Crippen LogP contribution < -0.4 is 0 Å². The topological polar surface area (TPSA) is 67.9 Å². The molecule has 5 aromatic rings. The van der Waals surface area contributed by atoms with Crippen molar-refractivity contribution in [1.82, 2.24) is 15.0 Å². The highest BCUT2D eigenvalue weighted by Crippen LogP contribution is 2.32. The van der Waals surface area contributed by atoms with Gasteiger partial charge in [0.15, 0.2) is 5.82 Å². The lowest BCUT2D eigenvalue weighted by molar-refractivity contribution is 0.0527. The molecule has 0 saturated heterocycles. The first kappa shape index (κ1) is 20.9. The van der Waals surface area contributed by atoms with Gasteiger partial charge in [0.1, 0.15) is 5.69 Å². The van der Waals surface area contributed by atoms with Crippen LogP contribution >= 0.6 is 11.6 Å². The maximum atomic E-state index is 13.2. The van der Waals surface area contributed by atoms with Gasteiger partial charge < -0.3 is 9.72 Å². The molecule has 5 nitrogen and oxygen atoms in total. The van der Waals surface area contributed by atoms with Gasteiger partial charge in [-0.3, -0.25) is 0 Å². The van der Waals surface area contributed by atoms with Gasteiger partial charge in [0.25, 0.3) is 0 Å². The van der Waals surface area contributed by atoms with E-state index in [1.807, 2.05) is 84.9 Å². The Balaban J connectivity index is 1.78. The van der Waals surface area contributed by atoms with E-state index in [9.17, 15) is 4.79 Å². The summed E-state index contributed by atoms with van der Waals surface area (Å²) in [6.07, 6.45) is 3.87. The average molecular weight is 454 g/mol. The second kappa shape index (κ2) is 8.88. The quantitative estimate of drug-likeness (QED) is 0.298. The molecule has 0 bridgehead atoms. The molecule has 0 radical (unpaired) electrons. The minimum absolute atomic E-state index is 0.256. The fraction of sp³-hybridized carbons (Fsp3) is 0.0741. The number of carbonyl (C=O) groups excluding carboxylic acids is 1. The van der Waals surface area contributed by atoms with Crippen LogP contribution in [-0.4, -0.2) is 27.5 Å². The number of esters is 1. The zero-order valence-corrected chi connectivity index (χ0v) is 18.6. The Morgan fingerprint density at radius 3 is 2.42 bits per heavy atom. The summed E-state index contributed by atoms with van der Waals surface area (Å²) in [5, 5.41) is 1.52. The van der Waals surface area contributed by atoms with E-state index in [2.05, 4.69) is 4.98 Å².